The molecule has 21 heavy (non-hydrogen) atoms. The molecule has 0 spiro atoms. The van der Waals surface area contributed by atoms with Gasteiger partial charge in [0.2, 0.25) is 0 Å². The van der Waals surface area contributed by atoms with Crippen LogP contribution in [0, 0.1) is 13.8 Å². The lowest BCUT2D eigenvalue weighted by Crippen LogP contribution is -2.19. The molecule has 2 N–H and O–H groups in total. The number of nitrogens with two attached hydrogens (primary N) is 1. The lowest BCUT2D eigenvalue weighted by atomic mass is 9.90. The van der Waals surface area contributed by atoms with E-state index in [9.17, 15) is 13.2 Å². The maximum Gasteiger partial charge on any atom is 0.416 e. The van der Waals surface area contributed by atoms with Crippen LogP contribution in [0.1, 0.15) is 33.9 Å². The van der Waals surface area contributed by atoms with Crippen molar-refractivity contribution in [2.75, 3.05) is 0 Å². The first-order valence-corrected chi connectivity index (χ1v) is 7.19. The minimum absolute atomic E-state index is 0.0828. The second kappa shape index (κ2) is 5.81. The van der Waals surface area contributed by atoms with Crippen molar-refractivity contribution in [3.8, 4) is 0 Å². The van der Waals surface area contributed by atoms with Gasteiger partial charge in [-0.2, -0.15) is 13.2 Å². The fraction of sp³-hybridized carbons (Fsp3) is 0.250. The Bertz CT molecular complexity index is 665. The summed E-state index contributed by atoms with van der Waals surface area (Å²) in [5.74, 6) is 0. The van der Waals surface area contributed by atoms with Crippen LogP contribution in [-0.2, 0) is 6.18 Å². The van der Waals surface area contributed by atoms with Gasteiger partial charge in [-0.05, 0) is 48.2 Å². The molecule has 0 bridgehead atoms. The van der Waals surface area contributed by atoms with Crippen LogP contribution in [-0.4, -0.2) is 0 Å². The lowest BCUT2D eigenvalue weighted by molar-refractivity contribution is -0.138. The molecule has 0 radical (unpaired) electrons. The lowest BCUT2D eigenvalue weighted by Gasteiger charge is -2.21. The van der Waals surface area contributed by atoms with E-state index in [1.807, 2.05) is 26.0 Å². The van der Waals surface area contributed by atoms with Crippen LogP contribution in [0.3, 0.4) is 0 Å². The average molecular weight is 358 g/mol. The highest BCUT2D eigenvalue weighted by Gasteiger charge is 2.35. The largest absolute Gasteiger partial charge is 0.416 e. The Hall–Kier alpha value is -1.33. The quantitative estimate of drug-likeness (QED) is 0.791. The SMILES string of the molecule is Cc1cccc(C(N)c2ccc(Br)cc2C(F)(F)F)c1C. The van der Waals surface area contributed by atoms with Crippen molar-refractivity contribution in [2.24, 2.45) is 5.73 Å². The molecule has 0 amide bonds. The van der Waals surface area contributed by atoms with Gasteiger partial charge in [-0.25, -0.2) is 0 Å². The first kappa shape index (κ1) is 16.0. The van der Waals surface area contributed by atoms with Crippen molar-refractivity contribution < 1.29 is 13.2 Å². The zero-order chi connectivity index (χ0) is 15.8. The third kappa shape index (κ3) is 3.30. The van der Waals surface area contributed by atoms with E-state index >= 15 is 0 Å². The van der Waals surface area contributed by atoms with Crippen LogP contribution < -0.4 is 5.73 Å². The molecule has 0 aliphatic rings. The third-order valence-corrected chi connectivity index (χ3v) is 4.13. The standard InChI is InChI=1S/C16H15BrF3N/c1-9-4-3-5-12(10(9)2)15(21)13-7-6-11(17)8-14(13)16(18,19)20/h3-8,15H,21H2,1-2H3. The molecule has 2 aromatic carbocycles. The molecule has 1 nitrogen and oxygen atoms in total. The fourth-order valence-corrected chi connectivity index (χ4v) is 2.68. The van der Waals surface area contributed by atoms with Crippen LogP contribution in [0.15, 0.2) is 40.9 Å². The van der Waals surface area contributed by atoms with E-state index in [2.05, 4.69) is 15.9 Å². The van der Waals surface area contributed by atoms with Gasteiger partial charge < -0.3 is 5.73 Å². The Morgan fingerprint density at radius 2 is 1.71 bits per heavy atom. The average Bonchev–Trinajstić information content (AvgIpc) is 2.40. The summed E-state index contributed by atoms with van der Waals surface area (Å²) in [6.07, 6.45) is -4.44. The van der Waals surface area contributed by atoms with Crippen LogP contribution in [0.4, 0.5) is 13.2 Å². The Kier molecular flexibility index (Phi) is 4.44. The highest BCUT2D eigenvalue weighted by atomic mass is 79.9. The number of benzene rings is 2. The van der Waals surface area contributed by atoms with Crippen molar-refractivity contribution in [1.29, 1.82) is 0 Å². The zero-order valence-corrected chi connectivity index (χ0v) is 13.2. The number of hydrogen-bond acceptors (Lipinski definition) is 1. The van der Waals surface area contributed by atoms with Crippen molar-refractivity contribution in [2.45, 2.75) is 26.1 Å². The molecule has 2 aromatic rings. The molecule has 1 atom stereocenters. The van der Waals surface area contributed by atoms with Gasteiger partial charge in [0, 0.05) is 4.47 Å². The van der Waals surface area contributed by atoms with Gasteiger partial charge in [-0.15, -0.1) is 0 Å². The summed E-state index contributed by atoms with van der Waals surface area (Å²) in [7, 11) is 0. The van der Waals surface area contributed by atoms with Crippen LogP contribution in [0.25, 0.3) is 0 Å². The molecule has 1 unspecified atom stereocenters. The molecule has 0 aromatic heterocycles. The molecule has 0 saturated carbocycles. The summed E-state index contributed by atoms with van der Waals surface area (Å²) in [5.41, 5.74) is 8.13. The summed E-state index contributed by atoms with van der Waals surface area (Å²) in [4.78, 5) is 0. The van der Waals surface area contributed by atoms with Crippen LogP contribution >= 0.6 is 15.9 Å². The maximum atomic E-state index is 13.2. The zero-order valence-electron chi connectivity index (χ0n) is 11.6. The molecule has 5 heteroatoms. The summed E-state index contributed by atoms with van der Waals surface area (Å²) < 4.78 is 40.0. The fourth-order valence-electron chi connectivity index (χ4n) is 2.32. The van der Waals surface area contributed by atoms with E-state index in [1.54, 1.807) is 12.1 Å². The van der Waals surface area contributed by atoms with Crippen LogP contribution in [0.5, 0.6) is 0 Å². The van der Waals surface area contributed by atoms with Crippen molar-refractivity contribution in [1.82, 2.24) is 0 Å². The smallest absolute Gasteiger partial charge is 0.320 e. The molecule has 0 saturated heterocycles. The highest BCUT2D eigenvalue weighted by molar-refractivity contribution is 9.10. The Balaban J connectivity index is 2.59. The predicted octanol–water partition coefficient (Wildman–Crippen LogP) is 5.13. The second-order valence-corrected chi connectivity index (χ2v) is 5.91. The minimum atomic E-state index is -4.44. The molecule has 0 aliphatic carbocycles. The second-order valence-electron chi connectivity index (χ2n) is 5.00. The van der Waals surface area contributed by atoms with Gasteiger partial charge in [-0.3, -0.25) is 0 Å². The predicted molar refractivity (Wildman–Crippen MR) is 81.1 cm³/mol. The van der Waals surface area contributed by atoms with Gasteiger partial charge >= 0.3 is 6.18 Å². The molecule has 0 heterocycles. The van der Waals surface area contributed by atoms with Crippen molar-refractivity contribution >= 4 is 15.9 Å². The van der Waals surface area contributed by atoms with Crippen molar-refractivity contribution in [3.05, 3.63) is 68.7 Å². The topological polar surface area (TPSA) is 26.0 Å². The molecule has 0 aliphatic heterocycles. The normalized spacial score (nSPS) is 13.3. The van der Waals surface area contributed by atoms with Crippen LogP contribution in [0.2, 0.25) is 0 Å². The van der Waals surface area contributed by atoms with Gasteiger partial charge in [0.1, 0.15) is 0 Å². The summed E-state index contributed by atoms with van der Waals surface area (Å²) in [5, 5.41) is 0. The molecule has 2 rings (SSSR count). The Morgan fingerprint density at radius 1 is 1.05 bits per heavy atom. The number of alkyl halides is 3. The maximum absolute atomic E-state index is 13.2. The van der Waals surface area contributed by atoms with E-state index in [-0.39, 0.29) is 5.56 Å². The minimum Gasteiger partial charge on any atom is -0.320 e. The highest BCUT2D eigenvalue weighted by Crippen LogP contribution is 2.38. The molecular weight excluding hydrogens is 343 g/mol. The molecule has 0 fully saturated rings. The van der Waals surface area contributed by atoms with Gasteiger partial charge in [0.25, 0.3) is 0 Å². The van der Waals surface area contributed by atoms with E-state index in [0.717, 1.165) is 17.2 Å². The molecular formula is C16H15BrF3N. The molecule has 112 valence electrons. The summed E-state index contributed by atoms with van der Waals surface area (Å²) in [6.45, 7) is 3.79. The van der Waals surface area contributed by atoms with E-state index in [1.165, 1.54) is 6.07 Å². The Labute approximate surface area is 130 Å². The van der Waals surface area contributed by atoms with Gasteiger partial charge in [-0.1, -0.05) is 40.2 Å². The first-order chi connectivity index (χ1) is 9.71. The number of halogens is 4. The number of hydrogen-bond donors (Lipinski definition) is 1. The third-order valence-electron chi connectivity index (χ3n) is 3.64. The van der Waals surface area contributed by atoms with Crippen molar-refractivity contribution in [3.63, 3.8) is 0 Å². The van der Waals surface area contributed by atoms with E-state index in [0.29, 0.717) is 10.0 Å². The van der Waals surface area contributed by atoms with Gasteiger partial charge in [0.05, 0.1) is 11.6 Å². The number of rotatable bonds is 2. The number of aryl methyl sites for hydroxylation is 1. The summed E-state index contributed by atoms with van der Waals surface area (Å²) in [6, 6.07) is 8.76. The van der Waals surface area contributed by atoms with Gasteiger partial charge in [0.15, 0.2) is 0 Å². The Morgan fingerprint density at radius 3 is 2.33 bits per heavy atom. The monoisotopic (exact) mass is 357 g/mol. The first-order valence-electron chi connectivity index (χ1n) is 6.40. The summed E-state index contributed by atoms with van der Waals surface area (Å²) >= 11 is 3.08. The van der Waals surface area contributed by atoms with E-state index < -0.39 is 17.8 Å². The van der Waals surface area contributed by atoms with E-state index in [4.69, 9.17) is 5.73 Å².